The zero-order valence-corrected chi connectivity index (χ0v) is 10.8. The molecule has 3 nitrogen and oxygen atoms in total. The fourth-order valence-electron chi connectivity index (χ4n) is 1.55. The number of carbonyl (C=O) groups is 1. The summed E-state index contributed by atoms with van der Waals surface area (Å²) in [4.78, 5) is 11.6. The van der Waals surface area contributed by atoms with Crippen molar-refractivity contribution in [3.05, 3.63) is 35.4 Å². The van der Waals surface area contributed by atoms with E-state index in [1.165, 1.54) is 5.56 Å². The first-order valence-electron chi connectivity index (χ1n) is 5.97. The van der Waals surface area contributed by atoms with Gasteiger partial charge in [0.1, 0.15) is 12.6 Å². The van der Waals surface area contributed by atoms with Crippen LogP contribution < -0.4 is 5.73 Å². The van der Waals surface area contributed by atoms with Gasteiger partial charge in [-0.25, -0.2) is 0 Å². The number of rotatable bonds is 5. The molecule has 0 aromatic heterocycles. The molecule has 0 fully saturated rings. The molecule has 1 atom stereocenters. The highest BCUT2D eigenvalue weighted by atomic mass is 16.5. The summed E-state index contributed by atoms with van der Waals surface area (Å²) < 4.78 is 5.17. The number of esters is 1. The van der Waals surface area contributed by atoms with Gasteiger partial charge in [0, 0.05) is 0 Å². The molecule has 0 radical (unpaired) electrons. The van der Waals surface area contributed by atoms with Crippen LogP contribution in [0, 0.1) is 12.8 Å². The number of ether oxygens (including phenoxy) is 1. The second-order valence-corrected chi connectivity index (χ2v) is 4.83. The van der Waals surface area contributed by atoms with Crippen LogP contribution in [0.3, 0.4) is 0 Å². The standard InChI is InChI=1S/C14H21NO2/c1-10(2)8-13(15)14(16)17-9-12-6-4-11(3)5-7-12/h4-7,10,13H,8-9,15H2,1-3H3/t13-/m0/s1. The highest BCUT2D eigenvalue weighted by Crippen LogP contribution is 2.07. The average molecular weight is 235 g/mol. The van der Waals surface area contributed by atoms with Gasteiger partial charge in [0.2, 0.25) is 0 Å². The number of hydrogen-bond donors (Lipinski definition) is 1. The van der Waals surface area contributed by atoms with E-state index in [9.17, 15) is 4.79 Å². The maximum absolute atomic E-state index is 11.6. The normalized spacial score (nSPS) is 12.5. The lowest BCUT2D eigenvalue weighted by Gasteiger charge is -2.13. The minimum absolute atomic E-state index is 0.297. The van der Waals surface area contributed by atoms with Crippen molar-refractivity contribution in [2.45, 2.75) is 39.8 Å². The summed E-state index contributed by atoms with van der Waals surface area (Å²) >= 11 is 0. The van der Waals surface area contributed by atoms with Crippen LogP contribution in [0.5, 0.6) is 0 Å². The lowest BCUT2D eigenvalue weighted by atomic mass is 10.1. The third-order valence-electron chi connectivity index (χ3n) is 2.53. The topological polar surface area (TPSA) is 52.3 Å². The molecule has 0 saturated carbocycles. The zero-order valence-electron chi connectivity index (χ0n) is 10.8. The Labute approximate surface area is 103 Å². The van der Waals surface area contributed by atoms with Crippen LogP contribution >= 0.6 is 0 Å². The van der Waals surface area contributed by atoms with Crippen LogP contribution in [-0.2, 0) is 16.1 Å². The van der Waals surface area contributed by atoms with Crippen LogP contribution in [0.2, 0.25) is 0 Å². The minimum Gasteiger partial charge on any atom is -0.460 e. The molecule has 17 heavy (non-hydrogen) atoms. The van der Waals surface area contributed by atoms with Gasteiger partial charge < -0.3 is 10.5 Å². The fraction of sp³-hybridized carbons (Fsp3) is 0.500. The van der Waals surface area contributed by atoms with Crippen molar-refractivity contribution in [3.8, 4) is 0 Å². The van der Waals surface area contributed by atoms with Gasteiger partial charge in [-0.1, -0.05) is 43.7 Å². The smallest absolute Gasteiger partial charge is 0.323 e. The van der Waals surface area contributed by atoms with Gasteiger partial charge in [0.25, 0.3) is 0 Å². The van der Waals surface area contributed by atoms with Gasteiger partial charge in [-0.05, 0) is 24.8 Å². The van der Waals surface area contributed by atoms with E-state index in [4.69, 9.17) is 10.5 Å². The van der Waals surface area contributed by atoms with E-state index in [2.05, 4.69) is 0 Å². The quantitative estimate of drug-likeness (QED) is 0.797. The molecule has 1 aromatic rings. The molecule has 2 N–H and O–H groups in total. The maximum atomic E-state index is 11.6. The van der Waals surface area contributed by atoms with Crippen molar-refractivity contribution in [3.63, 3.8) is 0 Å². The zero-order chi connectivity index (χ0) is 12.8. The Kier molecular flexibility index (Phi) is 5.16. The Balaban J connectivity index is 2.40. The molecule has 0 aliphatic rings. The second-order valence-electron chi connectivity index (χ2n) is 4.83. The molecule has 0 heterocycles. The molecular weight excluding hydrogens is 214 g/mol. The van der Waals surface area contributed by atoms with E-state index >= 15 is 0 Å². The summed E-state index contributed by atoms with van der Waals surface area (Å²) in [5.41, 5.74) is 7.91. The van der Waals surface area contributed by atoms with E-state index in [1.54, 1.807) is 0 Å². The van der Waals surface area contributed by atoms with Gasteiger partial charge in [0.15, 0.2) is 0 Å². The summed E-state index contributed by atoms with van der Waals surface area (Å²) in [5, 5.41) is 0. The summed E-state index contributed by atoms with van der Waals surface area (Å²) in [6.07, 6.45) is 0.659. The Morgan fingerprint density at radius 1 is 1.29 bits per heavy atom. The van der Waals surface area contributed by atoms with Crippen molar-refractivity contribution in [2.75, 3.05) is 0 Å². The molecule has 1 rings (SSSR count). The number of hydrogen-bond acceptors (Lipinski definition) is 3. The summed E-state index contributed by atoms with van der Waals surface area (Å²) in [6, 6.07) is 7.39. The monoisotopic (exact) mass is 235 g/mol. The number of carbonyl (C=O) groups excluding carboxylic acids is 1. The average Bonchev–Trinajstić information content (AvgIpc) is 2.27. The first-order valence-corrected chi connectivity index (χ1v) is 5.97. The van der Waals surface area contributed by atoms with Crippen LogP contribution in [0.25, 0.3) is 0 Å². The van der Waals surface area contributed by atoms with Crippen molar-refractivity contribution in [2.24, 2.45) is 11.7 Å². The molecule has 0 spiro atoms. The minimum atomic E-state index is -0.513. The number of nitrogens with two attached hydrogens (primary N) is 1. The summed E-state index contributed by atoms with van der Waals surface area (Å²) in [5.74, 6) is 0.0798. The van der Waals surface area contributed by atoms with Gasteiger partial charge in [-0.3, -0.25) is 4.79 Å². The van der Waals surface area contributed by atoms with Crippen molar-refractivity contribution in [1.82, 2.24) is 0 Å². The molecule has 0 bridgehead atoms. The van der Waals surface area contributed by atoms with Crippen LogP contribution in [0.15, 0.2) is 24.3 Å². The molecule has 0 saturated heterocycles. The van der Waals surface area contributed by atoms with Crippen molar-refractivity contribution >= 4 is 5.97 Å². The van der Waals surface area contributed by atoms with E-state index in [-0.39, 0.29) is 5.97 Å². The van der Waals surface area contributed by atoms with E-state index in [0.29, 0.717) is 18.9 Å². The Morgan fingerprint density at radius 2 is 1.88 bits per heavy atom. The number of benzene rings is 1. The molecule has 1 aromatic carbocycles. The largest absolute Gasteiger partial charge is 0.460 e. The van der Waals surface area contributed by atoms with E-state index < -0.39 is 6.04 Å². The second kappa shape index (κ2) is 6.40. The molecule has 0 aliphatic carbocycles. The van der Waals surface area contributed by atoms with E-state index in [0.717, 1.165) is 5.56 Å². The highest BCUT2D eigenvalue weighted by Gasteiger charge is 2.16. The predicted molar refractivity (Wildman–Crippen MR) is 68.4 cm³/mol. The third-order valence-corrected chi connectivity index (χ3v) is 2.53. The molecule has 3 heteroatoms. The molecule has 94 valence electrons. The number of aryl methyl sites for hydroxylation is 1. The SMILES string of the molecule is Cc1ccc(COC(=O)[C@@H](N)CC(C)C)cc1. The first-order chi connectivity index (χ1) is 7.99. The molecular formula is C14H21NO2. The van der Waals surface area contributed by atoms with Crippen molar-refractivity contribution < 1.29 is 9.53 Å². The fourth-order valence-corrected chi connectivity index (χ4v) is 1.55. The van der Waals surface area contributed by atoms with E-state index in [1.807, 2.05) is 45.0 Å². The van der Waals surface area contributed by atoms with Gasteiger partial charge >= 0.3 is 5.97 Å². The third kappa shape index (κ3) is 5.00. The van der Waals surface area contributed by atoms with Crippen LogP contribution in [-0.4, -0.2) is 12.0 Å². The highest BCUT2D eigenvalue weighted by molar-refractivity contribution is 5.75. The van der Waals surface area contributed by atoms with Crippen LogP contribution in [0.4, 0.5) is 0 Å². The van der Waals surface area contributed by atoms with Crippen molar-refractivity contribution in [1.29, 1.82) is 0 Å². The molecule has 0 amide bonds. The van der Waals surface area contributed by atoms with Crippen LogP contribution in [0.1, 0.15) is 31.4 Å². The summed E-state index contributed by atoms with van der Waals surface area (Å²) in [6.45, 7) is 6.39. The predicted octanol–water partition coefficient (Wildman–Crippen LogP) is 2.41. The lowest BCUT2D eigenvalue weighted by Crippen LogP contribution is -2.33. The lowest BCUT2D eigenvalue weighted by molar-refractivity contribution is -0.146. The molecule has 0 unspecified atom stereocenters. The summed E-state index contributed by atoms with van der Waals surface area (Å²) in [7, 11) is 0. The van der Waals surface area contributed by atoms with Gasteiger partial charge in [-0.15, -0.1) is 0 Å². The Bertz CT molecular complexity index is 357. The Morgan fingerprint density at radius 3 is 2.41 bits per heavy atom. The Hall–Kier alpha value is -1.35. The first kappa shape index (κ1) is 13.7. The maximum Gasteiger partial charge on any atom is 0.323 e. The van der Waals surface area contributed by atoms with Gasteiger partial charge in [-0.2, -0.15) is 0 Å². The molecule has 0 aliphatic heterocycles. The van der Waals surface area contributed by atoms with Gasteiger partial charge in [0.05, 0.1) is 0 Å².